The van der Waals surface area contributed by atoms with Gasteiger partial charge in [-0.25, -0.2) is 4.79 Å². The molecule has 0 saturated carbocycles. The lowest BCUT2D eigenvalue weighted by Gasteiger charge is -2.14. The van der Waals surface area contributed by atoms with Crippen LogP contribution in [0.4, 0.5) is 23.7 Å². The van der Waals surface area contributed by atoms with E-state index in [9.17, 15) is 27.9 Å². The second kappa shape index (κ2) is 9.05. The number of hydrogen-bond acceptors (Lipinski definition) is 4. The highest BCUT2D eigenvalue weighted by Crippen LogP contribution is 2.42. The van der Waals surface area contributed by atoms with Crippen LogP contribution in [-0.2, 0) is 6.18 Å². The number of imide groups is 1. The summed E-state index contributed by atoms with van der Waals surface area (Å²) in [4.78, 5) is 28.1. The molecular formula is C21H14Cl2F3N3O3. The van der Waals surface area contributed by atoms with Gasteiger partial charge in [-0.2, -0.15) is 13.2 Å². The van der Waals surface area contributed by atoms with Crippen LogP contribution < -0.4 is 10.6 Å². The van der Waals surface area contributed by atoms with Crippen molar-refractivity contribution < 1.29 is 27.9 Å². The lowest BCUT2D eigenvalue weighted by Crippen LogP contribution is -2.34. The maximum Gasteiger partial charge on any atom is 0.417 e. The zero-order chi connectivity index (χ0) is 23.6. The summed E-state index contributed by atoms with van der Waals surface area (Å²) < 4.78 is 38.4. The maximum atomic E-state index is 12.8. The smallest absolute Gasteiger partial charge is 0.417 e. The highest BCUT2D eigenvalue weighted by atomic mass is 35.5. The lowest BCUT2D eigenvalue weighted by atomic mass is 10.1. The predicted molar refractivity (Wildman–Crippen MR) is 114 cm³/mol. The van der Waals surface area contributed by atoms with Gasteiger partial charge in [0, 0.05) is 17.3 Å². The fraction of sp³-hybridized carbons (Fsp3) is 0.0952. The van der Waals surface area contributed by atoms with Crippen molar-refractivity contribution in [3.05, 3.63) is 75.4 Å². The van der Waals surface area contributed by atoms with Gasteiger partial charge in [-0.15, -0.1) is 0 Å². The van der Waals surface area contributed by atoms with E-state index in [1.165, 1.54) is 12.1 Å². The van der Waals surface area contributed by atoms with Gasteiger partial charge in [-0.05, 0) is 36.8 Å². The SMILES string of the molecule is Cc1ccccc1C(=O)NC(=O)Nc1ccc(-c2ncc(C(F)(F)F)cc2Cl)c(Cl)c1O. The first-order valence-electron chi connectivity index (χ1n) is 8.91. The second-order valence-corrected chi connectivity index (χ2v) is 7.38. The Balaban J connectivity index is 1.81. The van der Waals surface area contributed by atoms with Crippen molar-refractivity contribution in [1.82, 2.24) is 10.3 Å². The van der Waals surface area contributed by atoms with Crippen molar-refractivity contribution in [2.24, 2.45) is 0 Å². The van der Waals surface area contributed by atoms with Gasteiger partial charge in [-0.1, -0.05) is 41.4 Å². The molecule has 0 aliphatic rings. The molecule has 1 heterocycles. The monoisotopic (exact) mass is 483 g/mol. The minimum atomic E-state index is -4.63. The van der Waals surface area contributed by atoms with Gasteiger partial charge in [-0.3, -0.25) is 15.1 Å². The van der Waals surface area contributed by atoms with Crippen LogP contribution in [0.3, 0.4) is 0 Å². The van der Waals surface area contributed by atoms with Gasteiger partial charge < -0.3 is 10.4 Å². The first-order chi connectivity index (χ1) is 15.0. The molecule has 6 nitrogen and oxygen atoms in total. The van der Waals surface area contributed by atoms with Crippen LogP contribution in [0.1, 0.15) is 21.5 Å². The number of aromatic hydroxyl groups is 1. The Morgan fingerprint density at radius 2 is 1.78 bits per heavy atom. The molecule has 0 saturated heterocycles. The zero-order valence-electron chi connectivity index (χ0n) is 16.2. The first-order valence-corrected chi connectivity index (χ1v) is 9.67. The number of rotatable bonds is 3. The quantitative estimate of drug-likeness (QED) is 0.395. The fourth-order valence-corrected chi connectivity index (χ4v) is 3.31. The van der Waals surface area contributed by atoms with E-state index in [1.807, 2.05) is 0 Å². The number of phenols is 1. The van der Waals surface area contributed by atoms with Gasteiger partial charge in [0.25, 0.3) is 5.91 Å². The summed E-state index contributed by atoms with van der Waals surface area (Å²) in [5, 5.41) is 14.1. The Hall–Kier alpha value is -3.30. The van der Waals surface area contributed by atoms with E-state index in [1.54, 1.807) is 31.2 Å². The third-order valence-electron chi connectivity index (χ3n) is 4.40. The standard InChI is InChI=1S/C21H14Cl2F3N3O3/c1-10-4-2-3-5-12(10)19(31)29-20(32)28-15-7-6-13(16(23)18(15)30)17-14(22)8-11(9-27-17)21(24,25)26/h2-9,30H,1H3,(H2,28,29,31,32). The van der Waals surface area contributed by atoms with Crippen molar-refractivity contribution in [3.63, 3.8) is 0 Å². The Labute approximate surface area is 190 Å². The van der Waals surface area contributed by atoms with Gasteiger partial charge in [0.2, 0.25) is 0 Å². The Morgan fingerprint density at radius 3 is 2.41 bits per heavy atom. The van der Waals surface area contributed by atoms with Crippen LogP contribution >= 0.6 is 23.2 Å². The predicted octanol–water partition coefficient (Wildman–Crippen LogP) is 6.05. The van der Waals surface area contributed by atoms with Gasteiger partial charge in [0.1, 0.15) is 0 Å². The minimum Gasteiger partial charge on any atom is -0.504 e. The van der Waals surface area contributed by atoms with Gasteiger partial charge in [0.15, 0.2) is 5.75 Å². The summed E-state index contributed by atoms with van der Waals surface area (Å²) in [5.41, 5.74) is -0.274. The molecule has 3 rings (SSSR count). The van der Waals surface area contributed by atoms with Crippen LogP contribution in [0.5, 0.6) is 5.75 Å². The lowest BCUT2D eigenvalue weighted by molar-refractivity contribution is -0.137. The molecule has 0 unspecified atom stereocenters. The number of amides is 3. The van der Waals surface area contributed by atoms with Crippen molar-refractivity contribution in [3.8, 4) is 17.0 Å². The number of nitrogens with one attached hydrogen (secondary N) is 2. The first kappa shape index (κ1) is 23.4. The Morgan fingerprint density at radius 1 is 1.09 bits per heavy atom. The van der Waals surface area contributed by atoms with Crippen LogP contribution in [0.15, 0.2) is 48.7 Å². The largest absolute Gasteiger partial charge is 0.504 e. The van der Waals surface area contributed by atoms with E-state index in [0.29, 0.717) is 23.4 Å². The molecule has 0 bridgehead atoms. The molecule has 2 aromatic carbocycles. The summed E-state index contributed by atoms with van der Waals surface area (Å²) in [6, 6.07) is 8.94. The van der Waals surface area contributed by atoms with Crippen molar-refractivity contribution in [2.75, 3.05) is 5.32 Å². The van der Waals surface area contributed by atoms with E-state index in [0.717, 1.165) is 0 Å². The maximum absolute atomic E-state index is 12.8. The van der Waals surface area contributed by atoms with Gasteiger partial charge in [0.05, 0.1) is 27.0 Å². The van der Waals surface area contributed by atoms with Gasteiger partial charge >= 0.3 is 12.2 Å². The molecule has 3 aromatic rings. The summed E-state index contributed by atoms with van der Waals surface area (Å²) in [7, 11) is 0. The summed E-state index contributed by atoms with van der Waals surface area (Å²) in [5.74, 6) is -1.23. The number of carbonyl (C=O) groups excluding carboxylic acids is 2. The molecule has 1 aromatic heterocycles. The van der Waals surface area contributed by atoms with Crippen LogP contribution in [0.2, 0.25) is 10.0 Å². The molecule has 0 aliphatic carbocycles. The van der Waals surface area contributed by atoms with E-state index < -0.39 is 29.4 Å². The number of anilines is 1. The molecule has 0 atom stereocenters. The Bertz CT molecular complexity index is 1220. The average Bonchev–Trinajstić information content (AvgIpc) is 2.71. The summed E-state index contributed by atoms with van der Waals surface area (Å²) in [6.07, 6.45) is -4.04. The average molecular weight is 484 g/mol. The fourth-order valence-electron chi connectivity index (χ4n) is 2.79. The number of urea groups is 1. The molecular weight excluding hydrogens is 470 g/mol. The topological polar surface area (TPSA) is 91.3 Å². The minimum absolute atomic E-state index is 0.0461. The summed E-state index contributed by atoms with van der Waals surface area (Å²) >= 11 is 12.1. The number of carbonyl (C=O) groups is 2. The molecule has 3 N–H and O–H groups in total. The van der Waals surface area contributed by atoms with E-state index in [2.05, 4.69) is 15.6 Å². The molecule has 166 valence electrons. The van der Waals surface area contributed by atoms with Crippen molar-refractivity contribution >= 4 is 40.8 Å². The zero-order valence-corrected chi connectivity index (χ0v) is 17.7. The number of pyridine rings is 1. The number of aromatic nitrogens is 1. The normalized spacial score (nSPS) is 11.2. The molecule has 0 radical (unpaired) electrons. The second-order valence-electron chi connectivity index (χ2n) is 6.60. The third kappa shape index (κ3) is 4.95. The van der Waals surface area contributed by atoms with Crippen LogP contribution in [-0.4, -0.2) is 22.0 Å². The van der Waals surface area contributed by atoms with E-state index >= 15 is 0 Å². The van der Waals surface area contributed by atoms with Crippen LogP contribution in [0, 0.1) is 6.92 Å². The van der Waals surface area contributed by atoms with Crippen molar-refractivity contribution in [1.29, 1.82) is 0 Å². The number of halogens is 5. The molecule has 3 amide bonds. The number of nitrogens with zero attached hydrogens (tertiary/aromatic N) is 1. The highest BCUT2D eigenvalue weighted by Gasteiger charge is 2.32. The molecule has 0 aliphatic heterocycles. The number of hydrogen-bond donors (Lipinski definition) is 3. The number of benzene rings is 2. The van der Waals surface area contributed by atoms with E-state index in [-0.39, 0.29) is 27.0 Å². The number of aryl methyl sites for hydroxylation is 1. The molecule has 0 spiro atoms. The molecule has 0 fully saturated rings. The summed E-state index contributed by atoms with van der Waals surface area (Å²) in [6.45, 7) is 1.71. The third-order valence-corrected chi connectivity index (χ3v) is 5.08. The molecule has 32 heavy (non-hydrogen) atoms. The number of alkyl halides is 3. The molecule has 11 heteroatoms. The Kier molecular flexibility index (Phi) is 6.61. The van der Waals surface area contributed by atoms with E-state index in [4.69, 9.17) is 23.2 Å². The van der Waals surface area contributed by atoms with Crippen molar-refractivity contribution in [2.45, 2.75) is 13.1 Å². The van der Waals surface area contributed by atoms with Crippen LogP contribution in [0.25, 0.3) is 11.3 Å². The highest BCUT2D eigenvalue weighted by molar-refractivity contribution is 6.37. The number of phenolic OH excluding ortho intramolecular Hbond substituents is 1.